The average molecular weight is 415 g/mol. The Bertz CT molecular complexity index is 860. The van der Waals surface area contributed by atoms with E-state index in [4.69, 9.17) is 5.11 Å². The number of piperidine rings is 1. The molecule has 4 N–H and O–H groups in total. The minimum Gasteiger partial charge on any atom is -0.395 e. The van der Waals surface area contributed by atoms with E-state index in [1.807, 2.05) is 37.8 Å². The number of aromatic nitrogens is 4. The zero-order valence-electron chi connectivity index (χ0n) is 17.7. The lowest BCUT2D eigenvalue weighted by Crippen LogP contribution is -2.42. The molecule has 3 rings (SSSR count). The van der Waals surface area contributed by atoms with Crippen molar-refractivity contribution < 1.29 is 9.90 Å². The van der Waals surface area contributed by atoms with E-state index in [9.17, 15) is 4.79 Å². The summed E-state index contributed by atoms with van der Waals surface area (Å²) in [5.74, 6) is 1.74. The van der Waals surface area contributed by atoms with Crippen LogP contribution in [0.5, 0.6) is 0 Å². The fraction of sp³-hybridized carbons (Fsp3) is 0.550. The van der Waals surface area contributed by atoms with Crippen LogP contribution in [0.1, 0.15) is 32.3 Å². The van der Waals surface area contributed by atoms with E-state index < -0.39 is 0 Å². The first-order valence-corrected chi connectivity index (χ1v) is 10.3. The van der Waals surface area contributed by atoms with E-state index in [0.717, 1.165) is 24.9 Å². The molecule has 1 atom stereocenters. The molecule has 3 heterocycles. The summed E-state index contributed by atoms with van der Waals surface area (Å²) in [7, 11) is 0. The van der Waals surface area contributed by atoms with E-state index in [-0.39, 0.29) is 24.5 Å². The summed E-state index contributed by atoms with van der Waals surface area (Å²) in [4.78, 5) is 32.5. The van der Waals surface area contributed by atoms with Crippen molar-refractivity contribution >= 4 is 29.6 Å². The molecular formula is C20H30N8O2. The van der Waals surface area contributed by atoms with Crippen molar-refractivity contribution in [1.29, 1.82) is 0 Å². The van der Waals surface area contributed by atoms with Gasteiger partial charge in [-0.25, -0.2) is 4.98 Å². The van der Waals surface area contributed by atoms with Gasteiger partial charge < -0.3 is 26.0 Å². The Hall–Kier alpha value is -3.01. The summed E-state index contributed by atoms with van der Waals surface area (Å²) in [6.45, 7) is 7.53. The maximum Gasteiger partial charge on any atom is 0.231 e. The summed E-state index contributed by atoms with van der Waals surface area (Å²) >= 11 is 0. The van der Waals surface area contributed by atoms with Gasteiger partial charge >= 0.3 is 0 Å². The molecule has 2 aromatic rings. The van der Waals surface area contributed by atoms with Gasteiger partial charge in [-0.2, -0.15) is 15.0 Å². The molecular weight excluding hydrogens is 384 g/mol. The number of aryl methyl sites for hydroxylation is 1. The highest BCUT2D eigenvalue weighted by molar-refractivity contribution is 5.92. The normalized spacial score (nSPS) is 16.4. The molecule has 0 aromatic carbocycles. The smallest absolute Gasteiger partial charge is 0.231 e. The van der Waals surface area contributed by atoms with Crippen LogP contribution in [0.2, 0.25) is 0 Å². The summed E-state index contributed by atoms with van der Waals surface area (Å²) in [5.41, 5.74) is 0.931. The Kier molecular flexibility index (Phi) is 7.34. The molecule has 1 fully saturated rings. The molecule has 10 heteroatoms. The minimum atomic E-state index is -0.188. The highest BCUT2D eigenvalue weighted by Gasteiger charge is 2.28. The Morgan fingerprint density at radius 2 is 2.10 bits per heavy atom. The molecule has 162 valence electrons. The van der Waals surface area contributed by atoms with Crippen LogP contribution in [-0.4, -0.2) is 63.2 Å². The van der Waals surface area contributed by atoms with Crippen LogP contribution in [0.4, 0.5) is 23.7 Å². The van der Waals surface area contributed by atoms with Crippen LogP contribution >= 0.6 is 0 Å². The van der Waals surface area contributed by atoms with Gasteiger partial charge in [-0.05, 0) is 45.2 Å². The van der Waals surface area contributed by atoms with Crippen molar-refractivity contribution in [3.05, 3.63) is 23.9 Å². The van der Waals surface area contributed by atoms with E-state index in [1.54, 1.807) is 6.20 Å². The predicted octanol–water partition coefficient (Wildman–Crippen LogP) is 1.65. The molecule has 1 saturated heterocycles. The molecule has 0 radical (unpaired) electrons. The molecule has 0 aliphatic carbocycles. The number of pyridine rings is 1. The number of carbonyl (C=O) groups is 1. The second-order valence-electron chi connectivity index (χ2n) is 7.68. The monoisotopic (exact) mass is 414 g/mol. The van der Waals surface area contributed by atoms with Crippen LogP contribution in [0, 0.1) is 12.8 Å². The zero-order valence-corrected chi connectivity index (χ0v) is 17.7. The van der Waals surface area contributed by atoms with Gasteiger partial charge in [0.25, 0.3) is 0 Å². The van der Waals surface area contributed by atoms with E-state index >= 15 is 0 Å². The lowest BCUT2D eigenvalue weighted by molar-refractivity contribution is -0.120. The number of anilines is 4. The summed E-state index contributed by atoms with van der Waals surface area (Å²) < 4.78 is 0. The highest BCUT2D eigenvalue weighted by Crippen LogP contribution is 2.24. The van der Waals surface area contributed by atoms with E-state index in [2.05, 4.69) is 35.9 Å². The lowest BCUT2D eigenvalue weighted by Gasteiger charge is -2.32. The minimum absolute atomic E-state index is 0.0210. The predicted molar refractivity (Wildman–Crippen MR) is 117 cm³/mol. The Labute approximate surface area is 176 Å². The standard InChI is InChI=1S/C20H30N8O2/c1-13(2)23-19-25-18(22-9-11-29)26-20(27-19)28-10-5-7-15(12-28)17(30)24-16-14(3)6-4-8-21-16/h4,6,8,13,15,29H,5,7,9-12H2,1-3H3,(H,21,24,30)(H2,22,23,25,26,27). The Morgan fingerprint density at radius 3 is 2.83 bits per heavy atom. The SMILES string of the molecule is Cc1cccnc1NC(=O)C1CCCN(c2nc(NCCO)nc(NC(C)C)n2)C1. The largest absolute Gasteiger partial charge is 0.395 e. The van der Waals surface area contributed by atoms with Gasteiger partial charge in [0.05, 0.1) is 12.5 Å². The number of hydrogen-bond donors (Lipinski definition) is 4. The maximum atomic E-state index is 12.8. The number of nitrogens with zero attached hydrogens (tertiary/aromatic N) is 5. The maximum absolute atomic E-state index is 12.8. The lowest BCUT2D eigenvalue weighted by atomic mass is 9.97. The molecule has 30 heavy (non-hydrogen) atoms. The van der Waals surface area contributed by atoms with Crippen molar-refractivity contribution in [2.45, 2.75) is 39.7 Å². The van der Waals surface area contributed by atoms with E-state index in [0.29, 0.717) is 36.8 Å². The Morgan fingerprint density at radius 1 is 1.30 bits per heavy atom. The molecule has 1 amide bonds. The number of nitrogens with one attached hydrogen (secondary N) is 3. The number of rotatable bonds is 8. The molecule has 1 unspecified atom stereocenters. The van der Waals surface area contributed by atoms with Crippen LogP contribution in [-0.2, 0) is 4.79 Å². The molecule has 0 bridgehead atoms. The van der Waals surface area contributed by atoms with Crippen LogP contribution in [0.3, 0.4) is 0 Å². The Balaban J connectivity index is 1.74. The van der Waals surface area contributed by atoms with E-state index in [1.165, 1.54) is 0 Å². The summed E-state index contributed by atoms with van der Waals surface area (Å²) in [6, 6.07) is 3.93. The van der Waals surface area contributed by atoms with Crippen molar-refractivity contribution in [1.82, 2.24) is 19.9 Å². The van der Waals surface area contributed by atoms with Crippen LogP contribution in [0.15, 0.2) is 18.3 Å². The van der Waals surface area contributed by atoms with Crippen molar-refractivity contribution in [2.24, 2.45) is 5.92 Å². The van der Waals surface area contributed by atoms with Crippen molar-refractivity contribution in [2.75, 3.05) is 47.1 Å². The molecule has 1 aliphatic rings. The van der Waals surface area contributed by atoms with Gasteiger partial charge in [-0.15, -0.1) is 0 Å². The fourth-order valence-electron chi connectivity index (χ4n) is 3.28. The van der Waals surface area contributed by atoms with Gasteiger partial charge in [0.2, 0.25) is 23.8 Å². The number of carbonyl (C=O) groups excluding carboxylic acids is 1. The second kappa shape index (κ2) is 10.1. The summed E-state index contributed by atoms with van der Waals surface area (Å²) in [5, 5.41) is 18.2. The molecule has 1 aliphatic heterocycles. The molecule has 0 spiro atoms. The number of amides is 1. The quantitative estimate of drug-likeness (QED) is 0.510. The third kappa shape index (κ3) is 5.76. The third-order valence-corrected chi connectivity index (χ3v) is 4.76. The van der Waals surface area contributed by atoms with Crippen molar-refractivity contribution in [3.63, 3.8) is 0 Å². The molecule has 10 nitrogen and oxygen atoms in total. The van der Waals surface area contributed by atoms with Gasteiger partial charge in [-0.1, -0.05) is 6.07 Å². The van der Waals surface area contributed by atoms with Crippen LogP contribution in [0.25, 0.3) is 0 Å². The van der Waals surface area contributed by atoms with Gasteiger partial charge in [0.15, 0.2) is 0 Å². The molecule has 2 aromatic heterocycles. The number of aliphatic hydroxyl groups is 1. The number of aliphatic hydroxyl groups excluding tert-OH is 1. The van der Waals surface area contributed by atoms with Crippen molar-refractivity contribution in [3.8, 4) is 0 Å². The van der Waals surface area contributed by atoms with Gasteiger partial charge in [-0.3, -0.25) is 4.79 Å². The topological polar surface area (TPSA) is 128 Å². The fourth-order valence-corrected chi connectivity index (χ4v) is 3.28. The highest BCUT2D eigenvalue weighted by atomic mass is 16.3. The molecule has 0 saturated carbocycles. The first kappa shape index (κ1) is 21.7. The first-order chi connectivity index (χ1) is 14.5. The zero-order chi connectivity index (χ0) is 21.5. The summed E-state index contributed by atoms with van der Waals surface area (Å²) in [6.07, 6.45) is 3.33. The number of hydrogen-bond acceptors (Lipinski definition) is 9. The van der Waals surface area contributed by atoms with Gasteiger partial charge in [0.1, 0.15) is 5.82 Å². The average Bonchev–Trinajstić information content (AvgIpc) is 2.73. The van der Waals surface area contributed by atoms with Crippen LogP contribution < -0.4 is 20.9 Å². The second-order valence-corrected chi connectivity index (χ2v) is 7.68. The van der Waals surface area contributed by atoms with Gasteiger partial charge in [0, 0.05) is 31.9 Å². The first-order valence-electron chi connectivity index (χ1n) is 10.3. The third-order valence-electron chi connectivity index (χ3n) is 4.76.